The van der Waals surface area contributed by atoms with Crippen LogP contribution in [-0.2, 0) is 0 Å². The third-order valence-corrected chi connectivity index (χ3v) is 2.96. The highest BCUT2D eigenvalue weighted by Gasteiger charge is 2.24. The molecule has 0 aromatic heterocycles. The monoisotopic (exact) mass is 276 g/mol. The summed E-state index contributed by atoms with van der Waals surface area (Å²) in [4.78, 5) is 11.8. The van der Waals surface area contributed by atoms with Crippen LogP contribution in [0.4, 0.5) is 21.5 Å². The number of anilines is 2. The lowest BCUT2D eigenvalue weighted by molar-refractivity contribution is -0.386. The van der Waals surface area contributed by atoms with E-state index in [4.69, 9.17) is 4.74 Å². The summed E-state index contributed by atoms with van der Waals surface area (Å²) in [5.41, 5.74) is 0.226. The summed E-state index contributed by atoms with van der Waals surface area (Å²) in [6.45, 7) is 0. The van der Waals surface area contributed by atoms with Crippen LogP contribution in [0.5, 0.6) is 5.75 Å². The number of rotatable bonds is 4. The van der Waals surface area contributed by atoms with Crippen molar-refractivity contribution in [3.05, 3.63) is 58.4 Å². The van der Waals surface area contributed by atoms with Gasteiger partial charge in [-0.15, -0.1) is 0 Å². The Bertz CT molecular complexity index is 646. The fourth-order valence-corrected chi connectivity index (χ4v) is 1.99. The second kappa shape index (κ2) is 5.56. The van der Waals surface area contributed by atoms with E-state index in [0.29, 0.717) is 11.4 Å². The van der Waals surface area contributed by atoms with Crippen molar-refractivity contribution in [3.63, 3.8) is 0 Å². The maximum atomic E-state index is 13.7. The Morgan fingerprint density at radius 2 is 1.80 bits per heavy atom. The minimum absolute atomic E-state index is 0.166. The van der Waals surface area contributed by atoms with Crippen LogP contribution in [0.2, 0.25) is 0 Å². The molecule has 0 aliphatic carbocycles. The molecule has 0 unspecified atom stereocenters. The number of hydrogen-bond donors (Lipinski definition) is 0. The molecule has 0 saturated carbocycles. The molecule has 5 nitrogen and oxygen atoms in total. The number of halogens is 1. The van der Waals surface area contributed by atoms with Crippen LogP contribution < -0.4 is 9.64 Å². The largest absolute Gasteiger partial charge is 0.495 e. The molecule has 0 spiro atoms. The maximum absolute atomic E-state index is 13.7. The number of nitrogens with zero attached hydrogens (tertiary/aromatic N) is 2. The molecule has 0 N–H and O–H groups in total. The van der Waals surface area contributed by atoms with E-state index in [0.717, 1.165) is 6.07 Å². The van der Waals surface area contributed by atoms with E-state index < -0.39 is 16.4 Å². The SMILES string of the molecule is COc1ccccc1N(C)c1cccc(F)c1[N+](=O)[O-]. The van der Waals surface area contributed by atoms with Crippen LogP contribution in [-0.4, -0.2) is 19.1 Å². The molecule has 2 rings (SSSR count). The van der Waals surface area contributed by atoms with Crippen LogP contribution in [0.25, 0.3) is 0 Å². The third kappa shape index (κ3) is 2.40. The summed E-state index contributed by atoms with van der Waals surface area (Å²) >= 11 is 0. The van der Waals surface area contributed by atoms with E-state index in [1.54, 1.807) is 31.3 Å². The Kier molecular flexibility index (Phi) is 3.84. The molecule has 6 heteroatoms. The van der Waals surface area contributed by atoms with E-state index in [9.17, 15) is 14.5 Å². The molecule has 0 atom stereocenters. The average molecular weight is 276 g/mol. The molecule has 0 aliphatic heterocycles. The molecule has 2 aromatic carbocycles. The molecular weight excluding hydrogens is 263 g/mol. The summed E-state index contributed by atoms with van der Waals surface area (Å²) in [5, 5.41) is 11.0. The predicted octanol–water partition coefficient (Wildman–Crippen LogP) is 3.51. The topological polar surface area (TPSA) is 55.6 Å². The van der Waals surface area contributed by atoms with Gasteiger partial charge in [0.25, 0.3) is 0 Å². The molecular formula is C14H13FN2O3. The van der Waals surface area contributed by atoms with Gasteiger partial charge in [0.1, 0.15) is 11.4 Å². The zero-order valence-corrected chi connectivity index (χ0v) is 11.0. The first-order valence-corrected chi connectivity index (χ1v) is 5.86. The Hall–Kier alpha value is -2.63. The van der Waals surface area contributed by atoms with Gasteiger partial charge in [0, 0.05) is 7.05 Å². The minimum atomic E-state index is -0.866. The molecule has 20 heavy (non-hydrogen) atoms. The van der Waals surface area contributed by atoms with Gasteiger partial charge in [0.05, 0.1) is 17.7 Å². The number of nitro groups is 1. The van der Waals surface area contributed by atoms with Gasteiger partial charge in [-0.3, -0.25) is 10.1 Å². The molecule has 0 fully saturated rings. The molecule has 0 saturated heterocycles. The highest BCUT2D eigenvalue weighted by molar-refractivity contribution is 5.75. The van der Waals surface area contributed by atoms with Gasteiger partial charge >= 0.3 is 5.69 Å². The van der Waals surface area contributed by atoms with Crippen molar-refractivity contribution in [2.45, 2.75) is 0 Å². The van der Waals surface area contributed by atoms with Crippen molar-refractivity contribution in [2.24, 2.45) is 0 Å². The lowest BCUT2D eigenvalue weighted by Gasteiger charge is -2.21. The van der Waals surface area contributed by atoms with Crippen molar-refractivity contribution in [2.75, 3.05) is 19.1 Å². The van der Waals surface area contributed by atoms with Gasteiger partial charge in [0.2, 0.25) is 5.82 Å². The molecule has 104 valence electrons. The molecule has 0 heterocycles. The first-order valence-electron chi connectivity index (χ1n) is 5.86. The zero-order valence-electron chi connectivity index (χ0n) is 11.0. The Morgan fingerprint density at radius 1 is 1.15 bits per heavy atom. The Balaban J connectivity index is 2.57. The van der Waals surface area contributed by atoms with Crippen LogP contribution in [0, 0.1) is 15.9 Å². The quantitative estimate of drug-likeness (QED) is 0.633. The van der Waals surface area contributed by atoms with Crippen LogP contribution in [0.15, 0.2) is 42.5 Å². The van der Waals surface area contributed by atoms with Gasteiger partial charge < -0.3 is 9.64 Å². The summed E-state index contributed by atoms with van der Waals surface area (Å²) in [5.74, 6) is -0.317. The highest BCUT2D eigenvalue weighted by Crippen LogP contribution is 2.37. The predicted molar refractivity (Wildman–Crippen MR) is 74.1 cm³/mol. The zero-order chi connectivity index (χ0) is 14.7. The summed E-state index contributed by atoms with van der Waals surface area (Å²) in [7, 11) is 3.13. The van der Waals surface area contributed by atoms with Crippen molar-refractivity contribution < 1.29 is 14.1 Å². The second-order valence-electron chi connectivity index (χ2n) is 4.10. The second-order valence-corrected chi connectivity index (χ2v) is 4.10. The molecule has 0 radical (unpaired) electrons. The number of benzene rings is 2. The maximum Gasteiger partial charge on any atom is 0.328 e. The molecule has 0 bridgehead atoms. The smallest absolute Gasteiger partial charge is 0.328 e. The normalized spacial score (nSPS) is 10.2. The lowest BCUT2D eigenvalue weighted by Crippen LogP contribution is -2.13. The Morgan fingerprint density at radius 3 is 2.45 bits per heavy atom. The van der Waals surface area contributed by atoms with Gasteiger partial charge in [-0.2, -0.15) is 4.39 Å². The van der Waals surface area contributed by atoms with Crippen molar-refractivity contribution >= 4 is 17.1 Å². The van der Waals surface area contributed by atoms with Crippen molar-refractivity contribution in [1.82, 2.24) is 0 Å². The van der Waals surface area contributed by atoms with E-state index in [-0.39, 0.29) is 5.69 Å². The molecule has 2 aromatic rings. The van der Waals surface area contributed by atoms with Crippen molar-refractivity contribution in [3.8, 4) is 5.75 Å². The first kappa shape index (κ1) is 13.8. The van der Waals surface area contributed by atoms with E-state index >= 15 is 0 Å². The summed E-state index contributed by atoms with van der Waals surface area (Å²) in [6.07, 6.45) is 0. The van der Waals surface area contributed by atoms with Gasteiger partial charge in [-0.25, -0.2) is 0 Å². The molecule has 0 aliphatic rings. The fourth-order valence-electron chi connectivity index (χ4n) is 1.99. The fraction of sp³-hybridized carbons (Fsp3) is 0.143. The molecule has 0 amide bonds. The number of methoxy groups -OCH3 is 1. The summed E-state index contributed by atoms with van der Waals surface area (Å²) < 4.78 is 18.9. The minimum Gasteiger partial charge on any atom is -0.495 e. The standard InChI is InChI=1S/C14H13FN2O3/c1-16(11-7-3-4-9-13(11)20-2)12-8-5-6-10(15)14(12)17(18)19/h3-9H,1-2H3. The number of nitro benzene ring substituents is 1. The number of ether oxygens (including phenoxy) is 1. The van der Waals surface area contributed by atoms with Gasteiger partial charge in [0.15, 0.2) is 0 Å². The van der Waals surface area contributed by atoms with Crippen LogP contribution >= 0.6 is 0 Å². The van der Waals surface area contributed by atoms with E-state index in [1.807, 2.05) is 0 Å². The van der Waals surface area contributed by atoms with Gasteiger partial charge in [-0.05, 0) is 24.3 Å². The lowest BCUT2D eigenvalue weighted by atomic mass is 10.2. The Labute approximate surface area is 115 Å². The first-order chi connectivity index (χ1) is 9.56. The van der Waals surface area contributed by atoms with E-state index in [1.165, 1.54) is 24.1 Å². The third-order valence-electron chi connectivity index (χ3n) is 2.96. The average Bonchev–Trinajstić information content (AvgIpc) is 2.45. The van der Waals surface area contributed by atoms with Crippen LogP contribution in [0.3, 0.4) is 0 Å². The van der Waals surface area contributed by atoms with Crippen molar-refractivity contribution in [1.29, 1.82) is 0 Å². The van der Waals surface area contributed by atoms with Gasteiger partial charge in [-0.1, -0.05) is 18.2 Å². The number of hydrogen-bond acceptors (Lipinski definition) is 4. The van der Waals surface area contributed by atoms with E-state index in [2.05, 4.69) is 0 Å². The highest BCUT2D eigenvalue weighted by atomic mass is 19.1. The number of para-hydroxylation sites is 3. The summed E-state index contributed by atoms with van der Waals surface area (Å²) in [6, 6.07) is 11.0. The van der Waals surface area contributed by atoms with Crippen LogP contribution in [0.1, 0.15) is 0 Å².